The number of aryl methyl sites for hydroxylation is 2. The van der Waals surface area contributed by atoms with Gasteiger partial charge in [-0.2, -0.15) is 0 Å². The van der Waals surface area contributed by atoms with E-state index in [2.05, 4.69) is 60.9 Å². The van der Waals surface area contributed by atoms with E-state index in [4.69, 9.17) is 9.47 Å². The molecule has 4 atom stereocenters. The molecule has 4 nitrogen and oxygen atoms in total. The van der Waals surface area contributed by atoms with Gasteiger partial charge in [-0.25, -0.2) is 0 Å². The van der Waals surface area contributed by atoms with Crippen molar-refractivity contribution in [3.63, 3.8) is 0 Å². The minimum atomic E-state index is 0.294. The molecule has 6 rings (SSSR count). The molecule has 2 aromatic rings. The normalized spacial score (nSPS) is 29.4. The summed E-state index contributed by atoms with van der Waals surface area (Å²) < 4.78 is 11.8. The molecule has 0 amide bonds. The topological polar surface area (TPSA) is 42.5 Å². The number of hydrogen-bond donors (Lipinski definition) is 2. The second-order valence-electron chi connectivity index (χ2n) is 9.19. The fourth-order valence-corrected chi connectivity index (χ4v) is 4.99. The Hall–Kier alpha value is -1.72. The van der Waals surface area contributed by atoms with Crippen molar-refractivity contribution < 1.29 is 9.47 Å². The molecule has 2 aromatic carbocycles. The van der Waals surface area contributed by atoms with Crippen molar-refractivity contribution in [3.8, 4) is 0 Å². The third kappa shape index (κ3) is 4.06. The first-order valence-corrected chi connectivity index (χ1v) is 11.6. The number of nitrogens with one attached hydrogen (secondary N) is 2. The van der Waals surface area contributed by atoms with Gasteiger partial charge in [-0.15, -0.1) is 0 Å². The Morgan fingerprint density at radius 1 is 0.700 bits per heavy atom. The third-order valence-electron chi connectivity index (χ3n) is 7.01. The summed E-state index contributed by atoms with van der Waals surface area (Å²) in [5.74, 6) is 0. The maximum Gasteiger partial charge on any atom is 0.0981 e. The van der Waals surface area contributed by atoms with Crippen LogP contribution in [0.15, 0.2) is 36.4 Å². The average molecular weight is 407 g/mol. The lowest BCUT2D eigenvalue weighted by Crippen LogP contribution is -2.48. The lowest BCUT2D eigenvalue weighted by Gasteiger charge is -2.38. The van der Waals surface area contributed by atoms with Crippen molar-refractivity contribution in [1.29, 1.82) is 0 Å². The summed E-state index contributed by atoms with van der Waals surface area (Å²) in [5, 5.41) is 6.90. The van der Waals surface area contributed by atoms with Gasteiger partial charge in [0.05, 0.1) is 25.4 Å². The van der Waals surface area contributed by atoms with Crippen LogP contribution in [0.25, 0.3) is 0 Å². The molecule has 2 saturated heterocycles. The van der Waals surface area contributed by atoms with Crippen molar-refractivity contribution in [1.82, 2.24) is 10.6 Å². The summed E-state index contributed by atoms with van der Waals surface area (Å²) in [5.41, 5.74) is 8.46. The molecule has 2 N–H and O–H groups in total. The molecule has 0 spiro atoms. The number of benzene rings is 2. The van der Waals surface area contributed by atoms with E-state index >= 15 is 0 Å². The molecule has 4 aliphatic heterocycles. The second-order valence-corrected chi connectivity index (χ2v) is 9.19. The van der Waals surface area contributed by atoms with Crippen molar-refractivity contribution in [2.45, 2.75) is 63.8 Å². The van der Waals surface area contributed by atoms with Crippen LogP contribution in [-0.4, -0.2) is 38.4 Å². The number of ether oxygens (including phenoxy) is 2. The largest absolute Gasteiger partial charge is 0.372 e. The van der Waals surface area contributed by atoms with E-state index in [1.54, 1.807) is 0 Å². The van der Waals surface area contributed by atoms with Gasteiger partial charge in [0.25, 0.3) is 0 Å². The summed E-state index contributed by atoms with van der Waals surface area (Å²) in [6.07, 6.45) is 5.22. The van der Waals surface area contributed by atoms with Crippen molar-refractivity contribution in [2.24, 2.45) is 0 Å². The highest BCUT2D eigenvalue weighted by Gasteiger charge is 2.33. The fraction of sp³-hybridized carbons (Fsp3) is 0.538. The molecule has 0 radical (unpaired) electrons. The summed E-state index contributed by atoms with van der Waals surface area (Å²) in [7, 11) is 0. The first kappa shape index (κ1) is 20.2. The smallest absolute Gasteiger partial charge is 0.0981 e. The fourth-order valence-electron chi connectivity index (χ4n) is 4.99. The lowest BCUT2D eigenvalue weighted by molar-refractivity contribution is -0.00157. The molecule has 4 heterocycles. The zero-order valence-corrected chi connectivity index (χ0v) is 18.2. The lowest BCUT2D eigenvalue weighted by atomic mass is 9.88. The van der Waals surface area contributed by atoms with Crippen LogP contribution in [0, 0.1) is 13.8 Å². The molecular weight excluding hydrogens is 372 g/mol. The quantitative estimate of drug-likeness (QED) is 0.793. The first-order chi connectivity index (χ1) is 14.7. The zero-order chi connectivity index (χ0) is 20.5. The van der Waals surface area contributed by atoms with Gasteiger partial charge in [0.15, 0.2) is 0 Å². The van der Waals surface area contributed by atoms with Crippen LogP contribution >= 0.6 is 0 Å². The van der Waals surface area contributed by atoms with E-state index in [0.717, 1.165) is 39.1 Å². The maximum atomic E-state index is 5.90. The van der Waals surface area contributed by atoms with Gasteiger partial charge >= 0.3 is 0 Å². The Morgan fingerprint density at radius 3 is 1.50 bits per heavy atom. The first-order valence-electron chi connectivity index (χ1n) is 11.6. The molecule has 2 fully saturated rings. The third-order valence-corrected chi connectivity index (χ3v) is 7.01. The Bertz CT molecular complexity index is 815. The Morgan fingerprint density at radius 2 is 1.13 bits per heavy atom. The predicted molar refractivity (Wildman–Crippen MR) is 120 cm³/mol. The van der Waals surface area contributed by atoms with E-state index in [0.29, 0.717) is 24.3 Å². The van der Waals surface area contributed by atoms with Gasteiger partial charge in [0.2, 0.25) is 0 Å². The van der Waals surface area contributed by atoms with Crippen LogP contribution in [0.5, 0.6) is 0 Å². The van der Waals surface area contributed by atoms with Crippen LogP contribution in [0.2, 0.25) is 0 Å². The summed E-state index contributed by atoms with van der Waals surface area (Å²) >= 11 is 0. The van der Waals surface area contributed by atoms with Crippen LogP contribution in [0.3, 0.4) is 0 Å². The van der Waals surface area contributed by atoms with Crippen molar-refractivity contribution in [2.75, 3.05) is 26.3 Å². The molecule has 0 unspecified atom stereocenters. The van der Waals surface area contributed by atoms with Crippen LogP contribution < -0.4 is 10.6 Å². The van der Waals surface area contributed by atoms with E-state index in [9.17, 15) is 0 Å². The Balaban J connectivity index is 0.000000128. The van der Waals surface area contributed by atoms with Gasteiger partial charge in [0, 0.05) is 12.1 Å². The van der Waals surface area contributed by atoms with Crippen molar-refractivity contribution >= 4 is 0 Å². The minimum Gasteiger partial charge on any atom is -0.372 e. The SMILES string of the molecule is Cc1ccc2c(c1)[C@@H]([C@H]1CCN1)OCC2.Cc1ccc2c(c1)[C@H]([C@H]1CCN1)OCC2. The molecule has 0 aliphatic carbocycles. The van der Waals surface area contributed by atoms with Gasteiger partial charge < -0.3 is 20.1 Å². The average Bonchev–Trinajstić information content (AvgIpc) is 2.67. The standard InChI is InChI=1S/2C13H17NO/c2*1-9-2-3-10-5-7-15-13(11(10)8-9)12-4-6-14-12/h2*2-3,8,12-14H,4-7H2,1H3/t12-,13+;12-,13-/m11/s1. The van der Waals surface area contributed by atoms with Gasteiger partial charge in [-0.3, -0.25) is 0 Å². The van der Waals surface area contributed by atoms with E-state index < -0.39 is 0 Å². The molecule has 30 heavy (non-hydrogen) atoms. The molecule has 160 valence electrons. The molecule has 4 aliphatic rings. The van der Waals surface area contributed by atoms with E-state index in [-0.39, 0.29) is 0 Å². The monoisotopic (exact) mass is 406 g/mol. The summed E-state index contributed by atoms with van der Waals surface area (Å²) in [4.78, 5) is 0. The molecular formula is C26H34N2O2. The van der Waals surface area contributed by atoms with Gasteiger partial charge in [-0.05, 0) is 74.9 Å². The van der Waals surface area contributed by atoms with Gasteiger partial charge in [-0.1, -0.05) is 47.5 Å². The summed E-state index contributed by atoms with van der Waals surface area (Å²) in [6.45, 7) is 8.34. The predicted octanol–water partition coefficient (Wildman–Crippen LogP) is 3.94. The molecule has 0 aromatic heterocycles. The Labute approximate surface area is 180 Å². The van der Waals surface area contributed by atoms with E-state index in [1.807, 2.05) is 0 Å². The Kier molecular flexibility index (Phi) is 5.92. The second kappa shape index (κ2) is 8.80. The summed E-state index contributed by atoms with van der Waals surface area (Å²) in [6, 6.07) is 14.6. The van der Waals surface area contributed by atoms with Crippen LogP contribution in [0.1, 0.15) is 58.4 Å². The number of rotatable bonds is 2. The minimum absolute atomic E-state index is 0.294. The maximum absolute atomic E-state index is 5.90. The number of fused-ring (bicyclic) bond motifs is 2. The van der Waals surface area contributed by atoms with Crippen LogP contribution in [-0.2, 0) is 22.3 Å². The number of hydrogen-bond acceptors (Lipinski definition) is 4. The van der Waals surface area contributed by atoms with Gasteiger partial charge in [0.1, 0.15) is 0 Å². The molecule has 0 bridgehead atoms. The van der Waals surface area contributed by atoms with Crippen LogP contribution in [0.4, 0.5) is 0 Å². The highest BCUT2D eigenvalue weighted by Crippen LogP contribution is 2.34. The highest BCUT2D eigenvalue weighted by molar-refractivity contribution is 5.37. The van der Waals surface area contributed by atoms with E-state index in [1.165, 1.54) is 46.2 Å². The molecule has 0 saturated carbocycles. The highest BCUT2D eigenvalue weighted by atomic mass is 16.5. The van der Waals surface area contributed by atoms with Crippen molar-refractivity contribution in [3.05, 3.63) is 69.8 Å². The molecule has 4 heteroatoms. The zero-order valence-electron chi connectivity index (χ0n) is 18.2.